The lowest BCUT2D eigenvalue weighted by Gasteiger charge is -2.21. The van der Waals surface area contributed by atoms with Crippen LogP contribution in [0.1, 0.15) is 23.4 Å². The summed E-state index contributed by atoms with van der Waals surface area (Å²) in [5.74, 6) is 1.89. The first kappa shape index (κ1) is 16.6. The van der Waals surface area contributed by atoms with E-state index in [0.29, 0.717) is 0 Å². The van der Waals surface area contributed by atoms with Crippen molar-refractivity contribution in [1.82, 2.24) is 14.9 Å². The molecule has 0 unspecified atom stereocenters. The highest BCUT2D eigenvalue weighted by Crippen LogP contribution is 2.21. The van der Waals surface area contributed by atoms with E-state index in [1.54, 1.807) is 7.11 Å². The SMILES string of the molecule is COc1cccc(C=Cc2cccc3[nH]c(CN4CC=CCC4)nc23)c1. The van der Waals surface area contributed by atoms with Gasteiger partial charge in [-0.1, -0.05) is 48.6 Å². The summed E-state index contributed by atoms with van der Waals surface area (Å²) in [5.41, 5.74) is 4.33. The van der Waals surface area contributed by atoms with Crippen LogP contribution in [-0.4, -0.2) is 35.1 Å². The van der Waals surface area contributed by atoms with Crippen LogP contribution in [0, 0.1) is 0 Å². The molecule has 0 spiro atoms. The fraction of sp³-hybridized carbons (Fsp3) is 0.227. The number of para-hydroxylation sites is 1. The molecule has 0 bridgehead atoms. The van der Waals surface area contributed by atoms with Crippen LogP contribution in [0.2, 0.25) is 0 Å². The van der Waals surface area contributed by atoms with Gasteiger partial charge in [-0.2, -0.15) is 0 Å². The minimum atomic E-state index is 0.859. The largest absolute Gasteiger partial charge is 0.497 e. The first-order valence-corrected chi connectivity index (χ1v) is 8.99. The molecule has 2 heterocycles. The van der Waals surface area contributed by atoms with E-state index >= 15 is 0 Å². The number of hydrogen-bond donors (Lipinski definition) is 1. The Morgan fingerprint density at radius 1 is 1.15 bits per heavy atom. The summed E-state index contributed by atoms with van der Waals surface area (Å²) >= 11 is 0. The van der Waals surface area contributed by atoms with Gasteiger partial charge in [-0.3, -0.25) is 4.90 Å². The lowest BCUT2D eigenvalue weighted by Crippen LogP contribution is -2.27. The van der Waals surface area contributed by atoms with Gasteiger partial charge in [0, 0.05) is 18.7 Å². The van der Waals surface area contributed by atoms with Crippen molar-refractivity contribution in [2.24, 2.45) is 0 Å². The molecule has 0 aliphatic carbocycles. The number of aromatic nitrogens is 2. The quantitative estimate of drug-likeness (QED) is 0.547. The average molecular weight is 345 g/mol. The van der Waals surface area contributed by atoms with Crippen molar-refractivity contribution in [2.45, 2.75) is 13.0 Å². The Bertz CT molecular complexity index is 955. The maximum atomic E-state index is 5.29. The van der Waals surface area contributed by atoms with E-state index in [0.717, 1.165) is 59.8 Å². The molecule has 0 saturated heterocycles. The van der Waals surface area contributed by atoms with E-state index in [1.807, 2.05) is 18.2 Å². The summed E-state index contributed by atoms with van der Waals surface area (Å²) in [6.45, 7) is 2.95. The second-order valence-corrected chi connectivity index (χ2v) is 6.53. The van der Waals surface area contributed by atoms with Crippen LogP contribution < -0.4 is 4.74 Å². The maximum Gasteiger partial charge on any atom is 0.121 e. The highest BCUT2D eigenvalue weighted by molar-refractivity contribution is 5.88. The number of ether oxygens (including phenoxy) is 1. The summed E-state index contributed by atoms with van der Waals surface area (Å²) in [7, 11) is 1.69. The second kappa shape index (κ2) is 7.58. The van der Waals surface area contributed by atoms with Gasteiger partial charge in [-0.15, -0.1) is 0 Å². The highest BCUT2D eigenvalue weighted by atomic mass is 16.5. The molecule has 1 aliphatic rings. The van der Waals surface area contributed by atoms with Crippen molar-refractivity contribution in [3.05, 3.63) is 71.6 Å². The number of benzene rings is 2. The first-order chi connectivity index (χ1) is 12.8. The number of rotatable bonds is 5. The van der Waals surface area contributed by atoms with Gasteiger partial charge in [0.25, 0.3) is 0 Å². The number of nitrogens with zero attached hydrogens (tertiary/aromatic N) is 2. The number of methoxy groups -OCH3 is 1. The van der Waals surface area contributed by atoms with Crippen LogP contribution in [0.25, 0.3) is 23.2 Å². The highest BCUT2D eigenvalue weighted by Gasteiger charge is 2.11. The van der Waals surface area contributed by atoms with E-state index in [1.165, 1.54) is 0 Å². The van der Waals surface area contributed by atoms with Crippen LogP contribution in [-0.2, 0) is 6.54 Å². The summed E-state index contributed by atoms with van der Waals surface area (Å²) in [6, 6.07) is 14.3. The normalized spacial score (nSPS) is 15.1. The number of aromatic amines is 1. The molecule has 1 aromatic heterocycles. The summed E-state index contributed by atoms with van der Waals surface area (Å²) < 4.78 is 5.29. The molecule has 0 amide bonds. The van der Waals surface area contributed by atoms with Crippen LogP contribution in [0.4, 0.5) is 0 Å². The van der Waals surface area contributed by atoms with Gasteiger partial charge in [0.05, 0.1) is 24.7 Å². The molecule has 26 heavy (non-hydrogen) atoms. The molecule has 0 atom stereocenters. The van der Waals surface area contributed by atoms with Crippen molar-refractivity contribution in [1.29, 1.82) is 0 Å². The molecule has 0 saturated carbocycles. The second-order valence-electron chi connectivity index (χ2n) is 6.53. The molecule has 4 heteroatoms. The van der Waals surface area contributed by atoms with Crippen LogP contribution >= 0.6 is 0 Å². The molecular formula is C22H23N3O. The molecule has 1 N–H and O–H groups in total. The summed E-state index contributed by atoms with van der Waals surface area (Å²) in [4.78, 5) is 10.7. The number of hydrogen-bond acceptors (Lipinski definition) is 3. The standard InChI is InChI=1S/C22H23N3O/c1-26-19-9-5-7-17(15-19)11-12-18-8-6-10-20-22(18)24-21(23-20)16-25-13-3-2-4-14-25/h2-3,5-12,15H,4,13-14,16H2,1H3,(H,23,24). The Morgan fingerprint density at radius 2 is 2.08 bits per heavy atom. The fourth-order valence-corrected chi connectivity index (χ4v) is 3.29. The molecule has 3 aromatic rings. The van der Waals surface area contributed by atoms with Gasteiger partial charge >= 0.3 is 0 Å². The number of imidazole rings is 1. The molecule has 1 aliphatic heterocycles. The lowest BCUT2D eigenvalue weighted by atomic mass is 10.1. The van der Waals surface area contributed by atoms with E-state index < -0.39 is 0 Å². The topological polar surface area (TPSA) is 41.1 Å². The minimum Gasteiger partial charge on any atom is -0.497 e. The third-order valence-electron chi connectivity index (χ3n) is 4.66. The Labute approximate surface area is 153 Å². The zero-order chi connectivity index (χ0) is 17.8. The Kier molecular flexibility index (Phi) is 4.84. The van der Waals surface area contributed by atoms with Gasteiger partial charge in [0.1, 0.15) is 11.6 Å². The maximum absolute atomic E-state index is 5.29. The zero-order valence-corrected chi connectivity index (χ0v) is 15.0. The third-order valence-corrected chi connectivity index (χ3v) is 4.66. The average Bonchev–Trinajstić information content (AvgIpc) is 3.10. The van der Waals surface area contributed by atoms with E-state index in [-0.39, 0.29) is 0 Å². The van der Waals surface area contributed by atoms with Crippen LogP contribution in [0.5, 0.6) is 5.75 Å². The van der Waals surface area contributed by atoms with E-state index in [2.05, 4.69) is 58.5 Å². The molecule has 4 nitrogen and oxygen atoms in total. The third kappa shape index (κ3) is 3.70. The predicted octanol–water partition coefficient (Wildman–Crippen LogP) is 4.50. The summed E-state index contributed by atoms with van der Waals surface area (Å²) in [5, 5.41) is 0. The molecule has 4 rings (SSSR count). The predicted molar refractivity (Wildman–Crippen MR) is 107 cm³/mol. The van der Waals surface area contributed by atoms with Gasteiger partial charge in [-0.05, 0) is 30.2 Å². The molecule has 132 valence electrons. The van der Waals surface area contributed by atoms with Crippen molar-refractivity contribution in [2.75, 3.05) is 20.2 Å². The molecular weight excluding hydrogens is 322 g/mol. The fourth-order valence-electron chi connectivity index (χ4n) is 3.29. The van der Waals surface area contributed by atoms with Crippen molar-refractivity contribution in [3.8, 4) is 5.75 Å². The number of nitrogens with one attached hydrogen (secondary N) is 1. The zero-order valence-electron chi connectivity index (χ0n) is 15.0. The Balaban J connectivity index is 1.58. The molecule has 0 radical (unpaired) electrons. The number of H-pyrrole nitrogens is 1. The van der Waals surface area contributed by atoms with Crippen molar-refractivity contribution >= 4 is 23.2 Å². The van der Waals surface area contributed by atoms with Crippen molar-refractivity contribution < 1.29 is 4.74 Å². The Morgan fingerprint density at radius 3 is 2.92 bits per heavy atom. The monoisotopic (exact) mass is 345 g/mol. The lowest BCUT2D eigenvalue weighted by molar-refractivity contribution is 0.284. The van der Waals surface area contributed by atoms with Gasteiger partial charge in [0.2, 0.25) is 0 Å². The van der Waals surface area contributed by atoms with Gasteiger partial charge < -0.3 is 9.72 Å². The number of fused-ring (bicyclic) bond motifs is 1. The van der Waals surface area contributed by atoms with Crippen LogP contribution in [0.3, 0.4) is 0 Å². The molecule has 0 fully saturated rings. The van der Waals surface area contributed by atoms with E-state index in [9.17, 15) is 0 Å². The Hall–Kier alpha value is -2.85. The van der Waals surface area contributed by atoms with E-state index in [4.69, 9.17) is 9.72 Å². The summed E-state index contributed by atoms with van der Waals surface area (Å²) in [6.07, 6.45) is 9.81. The van der Waals surface area contributed by atoms with Crippen molar-refractivity contribution in [3.63, 3.8) is 0 Å². The first-order valence-electron chi connectivity index (χ1n) is 8.99. The minimum absolute atomic E-state index is 0.859. The van der Waals surface area contributed by atoms with Crippen LogP contribution in [0.15, 0.2) is 54.6 Å². The smallest absolute Gasteiger partial charge is 0.121 e. The van der Waals surface area contributed by atoms with Gasteiger partial charge in [-0.25, -0.2) is 4.98 Å². The molecule has 2 aromatic carbocycles. The van der Waals surface area contributed by atoms with Gasteiger partial charge in [0.15, 0.2) is 0 Å².